The van der Waals surface area contributed by atoms with E-state index < -0.39 is 21.3 Å². The molecule has 1 aromatic heterocycles. The maximum absolute atomic E-state index is 12.2. The number of carbonyl (C=O) groups excluding carboxylic acids is 1. The van der Waals surface area contributed by atoms with Gasteiger partial charge < -0.3 is 14.8 Å². The van der Waals surface area contributed by atoms with Gasteiger partial charge in [-0.2, -0.15) is 18.9 Å². The number of anilines is 1. The number of nitriles is 2. The lowest BCUT2D eigenvalue weighted by Gasteiger charge is -2.20. The molecule has 0 aliphatic heterocycles. The molecule has 0 fully saturated rings. The number of nitrogens with zero attached hydrogens (tertiary/aromatic N) is 4. The Morgan fingerprint density at radius 3 is 2.23 bits per heavy atom. The van der Waals surface area contributed by atoms with Crippen molar-refractivity contribution < 1.29 is 17.4 Å². The number of benzene rings is 1. The highest BCUT2D eigenvalue weighted by Crippen LogP contribution is 2.39. The van der Waals surface area contributed by atoms with Gasteiger partial charge in [0.05, 0.1) is 17.4 Å². The standard InChI is InChI=1S/C20H21N5O4S2/c1-5-14-15(10-21)19(25(2)3)24-20(16(14)11-22)30-17(18(23)26)12-6-8-13(9-7-12)29-31(4,27)28/h6-9,17H,5H2,1-4H3,(H2,23,26). The molecule has 1 unspecified atom stereocenters. The van der Waals surface area contributed by atoms with Gasteiger partial charge in [-0.05, 0) is 29.7 Å². The van der Waals surface area contributed by atoms with Gasteiger partial charge in [-0.3, -0.25) is 4.79 Å². The number of nitrogens with two attached hydrogens (primary N) is 1. The molecule has 0 aliphatic rings. The molecule has 1 atom stereocenters. The van der Waals surface area contributed by atoms with Crippen LogP contribution in [-0.2, 0) is 21.3 Å². The van der Waals surface area contributed by atoms with Crippen molar-refractivity contribution >= 4 is 33.6 Å². The molecule has 0 radical (unpaired) electrons. The quantitative estimate of drug-likeness (QED) is 0.462. The maximum Gasteiger partial charge on any atom is 0.306 e. The van der Waals surface area contributed by atoms with Crippen LogP contribution in [0.2, 0.25) is 0 Å². The maximum atomic E-state index is 12.2. The Balaban J connectivity index is 2.55. The number of aromatic nitrogens is 1. The Bertz CT molecular complexity index is 1180. The Labute approximate surface area is 185 Å². The zero-order valence-corrected chi connectivity index (χ0v) is 19.0. The Morgan fingerprint density at radius 1 is 1.23 bits per heavy atom. The normalized spacial score (nSPS) is 11.8. The van der Waals surface area contributed by atoms with E-state index in [2.05, 4.69) is 17.1 Å². The first-order valence-electron chi connectivity index (χ1n) is 9.02. The van der Waals surface area contributed by atoms with Crippen LogP contribution >= 0.6 is 11.8 Å². The van der Waals surface area contributed by atoms with E-state index in [9.17, 15) is 23.7 Å². The van der Waals surface area contributed by atoms with Gasteiger partial charge in [0.25, 0.3) is 0 Å². The number of pyridine rings is 1. The summed E-state index contributed by atoms with van der Waals surface area (Å²) in [6, 6.07) is 10.1. The van der Waals surface area contributed by atoms with Crippen molar-refractivity contribution in [2.45, 2.75) is 23.6 Å². The summed E-state index contributed by atoms with van der Waals surface area (Å²) in [6.45, 7) is 1.83. The average Bonchev–Trinajstić information content (AvgIpc) is 2.69. The van der Waals surface area contributed by atoms with Gasteiger partial charge in [-0.15, -0.1) is 0 Å². The number of hydrogen-bond acceptors (Lipinski definition) is 9. The van der Waals surface area contributed by atoms with Crippen molar-refractivity contribution in [2.75, 3.05) is 25.3 Å². The molecule has 0 spiro atoms. The second kappa shape index (κ2) is 9.69. The first kappa shape index (κ1) is 24.0. The molecule has 9 nitrogen and oxygen atoms in total. The lowest BCUT2D eigenvalue weighted by Crippen LogP contribution is -2.20. The monoisotopic (exact) mass is 459 g/mol. The number of primary amides is 1. The number of amides is 1. The predicted octanol–water partition coefficient (Wildman–Crippen LogP) is 2.11. The van der Waals surface area contributed by atoms with Crippen molar-refractivity contribution in [1.29, 1.82) is 10.5 Å². The molecule has 0 bridgehead atoms. The van der Waals surface area contributed by atoms with E-state index in [1.54, 1.807) is 19.0 Å². The molecule has 2 aromatic rings. The molecular weight excluding hydrogens is 438 g/mol. The van der Waals surface area contributed by atoms with Crippen LogP contribution in [0.5, 0.6) is 5.75 Å². The number of carbonyl (C=O) groups is 1. The van der Waals surface area contributed by atoms with E-state index in [1.807, 2.05) is 6.92 Å². The molecule has 0 saturated carbocycles. The molecule has 1 amide bonds. The van der Waals surface area contributed by atoms with E-state index >= 15 is 0 Å². The van der Waals surface area contributed by atoms with E-state index in [0.717, 1.165) is 18.0 Å². The van der Waals surface area contributed by atoms with Crippen LogP contribution in [-0.4, -0.2) is 39.7 Å². The molecule has 162 valence electrons. The summed E-state index contributed by atoms with van der Waals surface area (Å²) in [5.74, 6) is -0.181. The fraction of sp³-hybridized carbons (Fsp3) is 0.300. The molecule has 11 heteroatoms. The topological polar surface area (TPSA) is 150 Å². The van der Waals surface area contributed by atoms with Gasteiger partial charge >= 0.3 is 10.1 Å². The Kier molecular flexibility index (Phi) is 7.50. The highest BCUT2D eigenvalue weighted by atomic mass is 32.2. The van der Waals surface area contributed by atoms with Crippen LogP contribution in [0.25, 0.3) is 0 Å². The molecule has 1 aromatic carbocycles. The van der Waals surface area contributed by atoms with Gasteiger partial charge in [0, 0.05) is 14.1 Å². The van der Waals surface area contributed by atoms with Crippen molar-refractivity contribution in [1.82, 2.24) is 4.98 Å². The molecule has 0 aliphatic carbocycles. The first-order valence-corrected chi connectivity index (χ1v) is 11.7. The largest absolute Gasteiger partial charge is 0.383 e. The lowest BCUT2D eigenvalue weighted by molar-refractivity contribution is -0.117. The van der Waals surface area contributed by atoms with Gasteiger partial charge in [-0.25, -0.2) is 4.98 Å². The number of thioether (sulfide) groups is 1. The molecule has 0 saturated heterocycles. The van der Waals surface area contributed by atoms with E-state index in [-0.39, 0.29) is 16.3 Å². The minimum absolute atomic E-state index is 0.0943. The SMILES string of the molecule is CCc1c(C#N)c(SC(C(N)=O)c2ccc(OS(C)(=O)=O)cc2)nc(N(C)C)c1C#N. The first-order chi connectivity index (χ1) is 14.5. The Hall–Kier alpha value is -3.28. The average molecular weight is 460 g/mol. The van der Waals surface area contributed by atoms with Gasteiger partial charge in [0.15, 0.2) is 0 Å². The molecule has 2 N–H and O–H groups in total. The molecule has 1 heterocycles. The van der Waals surface area contributed by atoms with Gasteiger partial charge in [0.2, 0.25) is 5.91 Å². The van der Waals surface area contributed by atoms with Crippen molar-refractivity contribution in [3.63, 3.8) is 0 Å². The van der Waals surface area contributed by atoms with Crippen LogP contribution in [0.15, 0.2) is 29.3 Å². The number of rotatable bonds is 8. The lowest BCUT2D eigenvalue weighted by atomic mass is 10.0. The van der Waals surface area contributed by atoms with Crippen LogP contribution in [0.1, 0.15) is 34.4 Å². The van der Waals surface area contributed by atoms with E-state index in [0.29, 0.717) is 28.9 Å². The van der Waals surface area contributed by atoms with Crippen LogP contribution in [0, 0.1) is 22.7 Å². The smallest absolute Gasteiger partial charge is 0.306 e. The highest BCUT2D eigenvalue weighted by Gasteiger charge is 2.26. The summed E-state index contributed by atoms with van der Waals surface area (Å²) in [7, 11) is -0.223. The van der Waals surface area contributed by atoms with Crippen LogP contribution in [0.4, 0.5) is 5.82 Å². The minimum Gasteiger partial charge on any atom is -0.383 e. The summed E-state index contributed by atoms with van der Waals surface area (Å²) in [5.41, 5.74) is 7.18. The minimum atomic E-state index is -3.69. The highest BCUT2D eigenvalue weighted by molar-refractivity contribution is 8.00. The van der Waals surface area contributed by atoms with E-state index in [1.165, 1.54) is 24.3 Å². The van der Waals surface area contributed by atoms with Gasteiger partial charge in [0.1, 0.15) is 34.0 Å². The van der Waals surface area contributed by atoms with Crippen molar-refractivity contribution in [3.05, 3.63) is 46.5 Å². The summed E-state index contributed by atoms with van der Waals surface area (Å²) in [4.78, 5) is 18.3. The van der Waals surface area contributed by atoms with Crippen LogP contribution in [0.3, 0.4) is 0 Å². The van der Waals surface area contributed by atoms with Crippen LogP contribution < -0.4 is 14.8 Å². The van der Waals surface area contributed by atoms with Gasteiger partial charge in [-0.1, -0.05) is 30.8 Å². The third kappa shape index (κ3) is 5.66. The third-order valence-corrected chi connectivity index (χ3v) is 5.92. The van der Waals surface area contributed by atoms with Crippen molar-refractivity contribution in [3.8, 4) is 17.9 Å². The summed E-state index contributed by atoms with van der Waals surface area (Å²) >= 11 is 0.997. The fourth-order valence-corrected chi connectivity index (χ4v) is 4.39. The predicted molar refractivity (Wildman–Crippen MR) is 117 cm³/mol. The Morgan fingerprint density at radius 2 is 1.81 bits per heavy atom. The molecule has 31 heavy (non-hydrogen) atoms. The second-order valence-electron chi connectivity index (χ2n) is 6.70. The third-order valence-electron chi connectivity index (χ3n) is 4.17. The van der Waals surface area contributed by atoms with E-state index in [4.69, 9.17) is 9.92 Å². The van der Waals surface area contributed by atoms with Crippen molar-refractivity contribution in [2.24, 2.45) is 5.73 Å². The fourth-order valence-electron chi connectivity index (χ4n) is 2.87. The summed E-state index contributed by atoms with van der Waals surface area (Å²) < 4.78 is 27.4. The zero-order chi connectivity index (χ0) is 23.3. The number of hydrogen-bond donors (Lipinski definition) is 1. The molecule has 2 rings (SSSR count). The zero-order valence-electron chi connectivity index (χ0n) is 17.4. The summed E-state index contributed by atoms with van der Waals surface area (Å²) in [5, 5.41) is 18.7. The molecular formula is C20H21N5O4S2. The summed E-state index contributed by atoms with van der Waals surface area (Å²) in [6.07, 6.45) is 1.36. The second-order valence-corrected chi connectivity index (χ2v) is 9.37.